The Bertz CT molecular complexity index is 1240. The van der Waals surface area contributed by atoms with Gasteiger partial charge >= 0.3 is 5.97 Å². The zero-order valence-corrected chi connectivity index (χ0v) is 16.6. The van der Waals surface area contributed by atoms with Crippen LogP contribution in [-0.4, -0.2) is 42.7 Å². The number of carbonyl (C=O) groups excluding carboxylic acids is 1. The molecular formula is C20H21N5O5. The number of benzene rings is 1. The fourth-order valence-electron chi connectivity index (χ4n) is 3.63. The SMILES string of the molecule is CCOc1c(C(=O)O)nc(-c2nc3cc(C(N)=O)ccc3n2C2CCC2)n(C)c1=O. The highest BCUT2D eigenvalue weighted by molar-refractivity contribution is 5.97. The first kappa shape index (κ1) is 19.6. The molecule has 10 nitrogen and oxygen atoms in total. The Kier molecular flexibility index (Phi) is 4.76. The number of carboxylic acids is 1. The second kappa shape index (κ2) is 7.29. The summed E-state index contributed by atoms with van der Waals surface area (Å²) in [5.74, 6) is -1.76. The Hall–Kier alpha value is -3.69. The zero-order valence-electron chi connectivity index (χ0n) is 16.6. The summed E-state index contributed by atoms with van der Waals surface area (Å²) in [4.78, 5) is 45.0. The van der Waals surface area contributed by atoms with Gasteiger partial charge in [0.05, 0.1) is 17.6 Å². The van der Waals surface area contributed by atoms with Gasteiger partial charge in [-0.3, -0.25) is 14.2 Å². The number of imidazole rings is 1. The number of nitrogens with two attached hydrogens (primary N) is 1. The van der Waals surface area contributed by atoms with Gasteiger partial charge in [0.25, 0.3) is 5.56 Å². The average molecular weight is 411 g/mol. The van der Waals surface area contributed by atoms with Crippen molar-refractivity contribution in [1.29, 1.82) is 0 Å². The van der Waals surface area contributed by atoms with Gasteiger partial charge in [-0.2, -0.15) is 0 Å². The van der Waals surface area contributed by atoms with E-state index < -0.39 is 23.1 Å². The quantitative estimate of drug-likeness (QED) is 0.629. The molecule has 3 aromatic rings. The van der Waals surface area contributed by atoms with Crippen molar-refractivity contribution in [2.24, 2.45) is 12.8 Å². The van der Waals surface area contributed by atoms with Crippen molar-refractivity contribution in [2.75, 3.05) is 6.61 Å². The topological polar surface area (TPSA) is 142 Å². The molecular weight excluding hydrogens is 390 g/mol. The Morgan fingerprint density at radius 2 is 2.00 bits per heavy atom. The number of carbonyl (C=O) groups is 2. The molecule has 0 unspecified atom stereocenters. The number of carboxylic acid groups (broad SMARTS) is 1. The predicted molar refractivity (Wildman–Crippen MR) is 108 cm³/mol. The number of rotatable bonds is 6. The lowest BCUT2D eigenvalue weighted by Gasteiger charge is -2.29. The molecule has 10 heteroatoms. The standard InChI is InChI=1S/C20H21N5O5/c1-3-30-15-14(20(28)29)23-17(24(2)19(15)27)18-22-12-9-10(16(21)26)7-8-13(12)25(18)11-5-4-6-11/h7-9,11H,3-6H2,1-2H3,(H2,21,26)(H,28,29). The van der Waals surface area contributed by atoms with Gasteiger partial charge in [0.15, 0.2) is 17.3 Å². The fraction of sp³-hybridized carbons (Fsp3) is 0.350. The van der Waals surface area contributed by atoms with Crippen molar-refractivity contribution in [3.05, 3.63) is 39.8 Å². The molecule has 4 rings (SSSR count). The van der Waals surface area contributed by atoms with E-state index in [9.17, 15) is 19.5 Å². The number of aromatic nitrogens is 4. The summed E-state index contributed by atoms with van der Waals surface area (Å²) in [6, 6.07) is 5.11. The Balaban J connectivity index is 2.02. The third kappa shape index (κ3) is 3.00. The number of primary amides is 1. The van der Waals surface area contributed by atoms with Crippen molar-refractivity contribution < 1.29 is 19.4 Å². The number of amides is 1. The first-order valence-corrected chi connectivity index (χ1v) is 9.62. The van der Waals surface area contributed by atoms with Crippen molar-refractivity contribution in [2.45, 2.75) is 32.2 Å². The lowest BCUT2D eigenvalue weighted by molar-refractivity contribution is 0.0684. The Labute approximate surface area is 170 Å². The first-order valence-electron chi connectivity index (χ1n) is 9.62. The van der Waals surface area contributed by atoms with Crippen LogP contribution in [0.5, 0.6) is 5.75 Å². The molecule has 0 spiro atoms. The van der Waals surface area contributed by atoms with Crippen LogP contribution in [0.25, 0.3) is 22.7 Å². The minimum atomic E-state index is -1.36. The molecule has 1 aliphatic rings. The number of ether oxygens (including phenoxy) is 1. The molecule has 0 atom stereocenters. The van der Waals surface area contributed by atoms with Crippen LogP contribution in [0.15, 0.2) is 23.0 Å². The lowest BCUT2D eigenvalue weighted by atomic mass is 9.92. The van der Waals surface area contributed by atoms with Crippen LogP contribution in [0, 0.1) is 0 Å². The second-order valence-corrected chi connectivity index (χ2v) is 7.17. The van der Waals surface area contributed by atoms with E-state index in [1.807, 2.05) is 4.57 Å². The molecule has 1 amide bonds. The third-order valence-corrected chi connectivity index (χ3v) is 5.35. The molecule has 0 aliphatic heterocycles. The summed E-state index contributed by atoms with van der Waals surface area (Å²) in [7, 11) is 1.50. The van der Waals surface area contributed by atoms with Crippen LogP contribution < -0.4 is 16.0 Å². The zero-order chi connectivity index (χ0) is 21.6. The minimum Gasteiger partial charge on any atom is -0.486 e. The van der Waals surface area contributed by atoms with E-state index in [1.54, 1.807) is 25.1 Å². The third-order valence-electron chi connectivity index (χ3n) is 5.35. The van der Waals surface area contributed by atoms with Crippen molar-refractivity contribution in [3.63, 3.8) is 0 Å². The van der Waals surface area contributed by atoms with Gasteiger partial charge in [-0.1, -0.05) is 0 Å². The van der Waals surface area contributed by atoms with Crippen LogP contribution in [-0.2, 0) is 7.05 Å². The number of hydrogen-bond donors (Lipinski definition) is 2. The molecule has 1 saturated carbocycles. The molecule has 1 aliphatic carbocycles. The highest BCUT2D eigenvalue weighted by atomic mass is 16.5. The van der Waals surface area contributed by atoms with Crippen molar-refractivity contribution in [1.82, 2.24) is 19.1 Å². The van der Waals surface area contributed by atoms with Crippen LogP contribution in [0.4, 0.5) is 0 Å². The van der Waals surface area contributed by atoms with E-state index in [2.05, 4.69) is 9.97 Å². The molecule has 2 aromatic heterocycles. The molecule has 2 heterocycles. The van der Waals surface area contributed by atoms with Crippen LogP contribution >= 0.6 is 0 Å². The van der Waals surface area contributed by atoms with Crippen molar-refractivity contribution in [3.8, 4) is 17.4 Å². The van der Waals surface area contributed by atoms with Crippen molar-refractivity contribution >= 4 is 22.9 Å². The normalized spacial score (nSPS) is 13.9. The monoisotopic (exact) mass is 411 g/mol. The maximum absolute atomic E-state index is 12.8. The molecule has 1 aromatic carbocycles. The van der Waals surface area contributed by atoms with Crippen LogP contribution in [0.2, 0.25) is 0 Å². The van der Waals surface area contributed by atoms with E-state index in [4.69, 9.17) is 10.5 Å². The molecule has 1 fully saturated rings. The molecule has 30 heavy (non-hydrogen) atoms. The van der Waals surface area contributed by atoms with Gasteiger partial charge in [0.1, 0.15) is 0 Å². The van der Waals surface area contributed by atoms with Gasteiger partial charge in [0, 0.05) is 18.7 Å². The van der Waals surface area contributed by atoms with Gasteiger partial charge in [-0.05, 0) is 44.4 Å². The molecule has 0 saturated heterocycles. The fourth-order valence-corrected chi connectivity index (χ4v) is 3.63. The highest BCUT2D eigenvalue weighted by Gasteiger charge is 2.29. The largest absolute Gasteiger partial charge is 0.486 e. The second-order valence-electron chi connectivity index (χ2n) is 7.17. The van der Waals surface area contributed by atoms with Gasteiger partial charge < -0.3 is 20.1 Å². The van der Waals surface area contributed by atoms with Gasteiger partial charge in [-0.25, -0.2) is 14.8 Å². The lowest BCUT2D eigenvalue weighted by Crippen LogP contribution is -2.27. The van der Waals surface area contributed by atoms with E-state index in [0.717, 1.165) is 24.8 Å². The number of nitrogens with zero attached hydrogens (tertiary/aromatic N) is 4. The van der Waals surface area contributed by atoms with Crippen LogP contribution in [0.3, 0.4) is 0 Å². The molecule has 0 radical (unpaired) electrons. The first-order chi connectivity index (χ1) is 14.3. The number of fused-ring (bicyclic) bond motifs is 1. The summed E-state index contributed by atoms with van der Waals surface area (Å²) in [5, 5.41) is 9.58. The smallest absolute Gasteiger partial charge is 0.358 e. The maximum Gasteiger partial charge on any atom is 0.358 e. The molecule has 156 valence electrons. The number of hydrogen-bond acceptors (Lipinski definition) is 6. The summed E-state index contributed by atoms with van der Waals surface area (Å²) < 4.78 is 8.45. The van der Waals surface area contributed by atoms with E-state index in [-0.39, 0.29) is 24.2 Å². The number of aromatic carboxylic acids is 1. The van der Waals surface area contributed by atoms with E-state index in [0.29, 0.717) is 16.9 Å². The van der Waals surface area contributed by atoms with E-state index >= 15 is 0 Å². The summed E-state index contributed by atoms with van der Waals surface area (Å²) in [6.07, 6.45) is 2.90. The summed E-state index contributed by atoms with van der Waals surface area (Å²) in [6.45, 7) is 1.79. The van der Waals surface area contributed by atoms with Gasteiger partial charge in [0.2, 0.25) is 11.7 Å². The average Bonchev–Trinajstić information content (AvgIpc) is 3.02. The minimum absolute atomic E-state index is 0.115. The maximum atomic E-state index is 12.8. The predicted octanol–water partition coefficient (Wildman–Crippen LogP) is 1.72. The van der Waals surface area contributed by atoms with Gasteiger partial charge in [-0.15, -0.1) is 0 Å². The van der Waals surface area contributed by atoms with E-state index in [1.165, 1.54) is 11.6 Å². The van der Waals surface area contributed by atoms with Crippen LogP contribution in [0.1, 0.15) is 53.1 Å². The Morgan fingerprint density at radius 3 is 2.57 bits per heavy atom. The summed E-state index contributed by atoms with van der Waals surface area (Å²) >= 11 is 0. The highest BCUT2D eigenvalue weighted by Crippen LogP contribution is 2.38. The molecule has 3 N–H and O–H groups in total. The molecule has 0 bridgehead atoms. The summed E-state index contributed by atoms with van der Waals surface area (Å²) in [5.41, 5.74) is 5.92. The Morgan fingerprint density at radius 1 is 1.27 bits per heavy atom.